The van der Waals surface area contributed by atoms with E-state index in [1.54, 1.807) is 11.4 Å². The van der Waals surface area contributed by atoms with Crippen LogP contribution in [0.15, 0.2) is 39.6 Å². The largest absolute Gasteiger partial charge is 0.481 e. The standard InChI is InChI=1S/C23H27N3O4S2/c1-4-14-8-7-9-15(5-2)19(14)25-21(29)17(6-3)32-23-24-16-11-13-31-20(16)22(30)26(23)12-10-18(27)28/h7-9,11,13,17H,4-6,10,12H2,1-3H3,(H,25,29)(H,27,28). The molecule has 0 radical (unpaired) electrons. The van der Waals surface area contributed by atoms with Gasteiger partial charge in [-0.15, -0.1) is 11.3 Å². The molecule has 0 saturated carbocycles. The first kappa shape index (κ1) is 24.0. The molecule has 2 heterocycles. The van der Waals surface area contributed by atoms with Crippen LogP contribution in [0.4, 0.5) is 5.69 Å². The fourth-order valence-corrected chi connectivity index (χ4v) is 5.29. The van der Waals surface area contributed by atoms with Gasteiger partial charge in [0.15, 0.2) is 5.16 Å². The quantitative estimate of drug-likeness (QED) is 0.330. The van der Waals surface area contributed by atoms with Crippen LogP contribution in [-0.4, -0.2) is 31.8 Å². The summed E-state index contributed by atoms with van der Waals surface area (Å²) < 4.78 is 1.87. The van der Waals surface area contributed by atoms with E-state index < -0.39 is 11.2 Å². The number of anilines is 1. The number of aryl methyl sites for hydroxylation is 2. The summed E-state index contributed by atoms with van der Waals surface area (Å²) in [6, 6.07) is 7.79. The van der Waals surface area contributed by atoms with Crippen LogP contribution < -0.4 is 10.9 Å². The number of para-hydroxylation sites is 1. The molecule has 1 atom stereocenters. The number of nitrogens with one attached hydrogen (secondary N) is 1. The third kappa shape index (κ3) is 5.21. The number of aliphatic carboxylic acids is 1. The van der Waals surface area contributed by atoms with Crippen molar-refractivity contribution < 1.29 is 14.7 Å². The van der Waals surface area contributed by atoms with Crippen LogP contribution in [0.3, 0.4) is 0 Å². The lowest BCUT2D eigenvalue weighted by Crippen LogP contribution is -2.29. The fraction of sp³-hybridized carbons (Fsp3) is 0.391. The van der Waals surface area contributed by atoms with Gasteiger partial charge in [0.1, 0.15) is 4.70 Å². The molecule has 32 heavy (non-hydrogen) atoms. The molecule has 3 rings (SSSR count). The number of thioether (sulfide) groups is 1. The molecule has 1 amide bonds. The van der Waals surface area contributed by atoms with Crippen molar-refractivity contribution in [3.8, 4) is 0 Å². The minimum atomic E-state index is -0.993. The molecule has 1 aromatic carbocycles. The number of carboxylic acid groups (broad SMARTS) is 1. The molecular weight excluding hydrogens is 446 g/mol. The van der Waals surface area contributed by atoms with Crippen LogP contribution in [-0.2, 0) is 29.0 Å². The number of amides is 1. The molecule has 0 bridgehead atoms. The molecule has 2 aromatic heterocycles. The van der Waals surface area contributed by atoms with Gasteiger partial charge in [-0.05, 0) is 41.8 Å². The maximum Gasteiger partial charge on any atom is 0.305 e. The van der Waals surface area contributed by atoms with Crippen molar-refractivity contribution in [2.45, 2.75) is 63.4 Å². The average Bonchev–Trinajstić information content (AvgIpc) is 3.25. The second kappa shape index (κ2) is 10.8. The number of hydrogen-bond acceptors (Lipinski definition) is 6. The van der Waals surface area contributed by atoms with Gasteiger partial charge in [0.05, 0.1) is 17.2 Å². The number of benzene rings is 1. The highest BCUT2D eigenvalue weighted by molar-refractivity contribution is 8.00. The summed E-state index contributed by atoms with van der Waals surface area (Å²) in [4.78, 5) is 41.9. The van der Waals surface area contributed by atoms with Crippen LogP contribution in [0.5, 0.6) is 0 Å². The molecule has 7 nitrogen and oxygen atoms in total. The van der Waals surface area contributed by atoms with Crippen LogP contribution in [0, 0.1) is 0 Å². The van der Waals surface area contributed by atoms with Gasteiger partial charge in [0.25, 0.3) is 5.56 Å². The van der Waals surface area contributed by atoms with Gasteiger partial charge in [-0.3, -0.25) is 19.0 Å². The second-order valence-corrected chi connectivity index (χ2v) is 9.38. The van der Waals surface area contributed by atoms with Gasteiger partial charge in [-0.25, -0.2) is 4.98 Å². The number of carbonyl (C=O) groups is 2. The zero-order valence-electron chi connectivity index (χ0n) is 18.4. The zero-order valence-corrected chi connectivity index (χ0v) is 20.0. The summed E-state index contributed by atoms with van der Waals surface area (Å²) in [5.74, 6) is -1.15. The Balaban J connectivity index is 1.93. The van der Waals surface area contributed by atoms with Gasteiger partial charge in [-0.1, -0.05) is 50.7 Å². The lowest BCUT2D eigenvalue weighted by atomic mass is 10.0. The van der Waals surface area contributed by atoms with E-state index in [0.717, 1.165) is 29.7 Å². The monoisotopic (exact) mass is 473 g/mol. The smallest absolute Gasteiger partial charge is 0.305 e. The predicted molar refractivity (Wildman–Crippen MR) is 130 cm³/mol. The molecular formula is C23H27N3O4S2. The third-order valence-electron chi connectivity index (χ3n) is 5.24. The van der Waals surface area contributed by atoms with Crippen molar-refractivity contribution in [1.29, 1.82) is 0 Å². The van der Waals surface area contributed by atoms with E-state index in [-0.39, 0.29) is 24.4 Å². The summed E-state index contributed by atoms with van der Waals surface area (Å²) in [5.41, 5.74) is 3.30. The summed E-state index contributed by atoms with van der Waals surface area (Å²) in [6.07, 6.45) is 1.94. The summed E-state index contributed by atoms with van der Waals surface area (Å²) in [5, 5.41) is 13.9. The van der Waals surface area contributed by atoms with Crippen LogP contribution >= 0.6 is 23.1 Å². The number of aromatic nitrogens is 2. The first-order valence-electron chi connectivity index (χ1n) is 10.7. The first-order valence-corrected chi connectivity index (χ1v) is 12.4. The van der Waals surface area contributed by atoms with Crippen molar-refractivity contribution in [1.82, 2.24) is 9.55 Å². The topological polar surface area (TPSA) is 101 Å². The minimum Gasteiger partial charge on any atom is -0.481 e. The lowest BCUT2D eigenvalue weighted by molar-refractivity contribution is -0.137. The van der Waals surface area contributed by atoms with E-state index in [0.29, 0.717) is 21.8 Å². The molecule has 170 valence electrons. The summed E-state index contributed by atoms with van der Waals surface area (Å²) in [6.45, 7) is 6.02. The molecule has 0 spiro atoms. The van der Waals surface area contributed by atoms with Gasteiger partial charge >= 0.3 is 5.97 Å². The van der Waals surface area contributed by atoms with Crippen LogP contribution in [0.2, 0.25) is 0 Å². The molecule has 2 N–H and O–H groups in total. The first-order chi connectivity index (χ1) is 15.4. The van der Waals surface area contributed by atoms with Gasteiger partial charge in [0, 0.05) is 12.2 Å². The predicted octanol–water partition coefficient (Wildman–Crippen LogP) is 4.57. The number of fused-ring (bicyclic) bond motifs is 1. The number of hydrogen-bond donors (Lipinski definition) is 2. The average molecular weight is 474 g/mol. The Morgan fingerprint density at radius 1 is 1.19 bits per heavy atom. The van der Waals surface area contributed by atoms with Crippen molar-refractivity contribution >= 4 is 50.9 Å². The van der Waals surface area contributed by atoms with E-state index >= 15 is 0 Å². The minimum absolute atomic E-state index is 0.00798. The van der Waals surface area contributed by atoms with Crippen molar-refractivity contribution in [2.24, 2.45) is 0 Å². The third-order valence-corrected chi connectivity index (χ3v) is 7.48. The van der Waals surface area contributed by atoms with E-state index in [1.165, 1.54) is 27.7 Å². The number of carboxylic acids is 1. The Kier molecular flexibility index (Phi) is 8.09. The number of nitrogens with zero attached hydrogens (tertiary/aromatic N) is 2. The number of thiophene rings is 1. The maximum absolute atomic E-state index is 13.2. The molecule has 0 aliphatic heterocycles. The maximum atomic E-state index is 13.2. The molecule has 0 saturated heterocycles. The molecule has 9 heteroatoms. The Labute approximate surface area is 194 Å². The van der Waals surface area contributed by atoms with Gasteiger partial charge in [-0.2, -0.15) is 0 Å². The normalized spacial score (nSPS) is 12.1. The van der Waals surface area contributed by atoms with E-state index in [1.807, 2.05) is 25.1 Å². The lowest BCUT2D eigenvalue weighted by Gasteiger charge is -2.20. The van der Waals surface area contributed by atoms with Gasteiger partial charge < -0.3 is 10.4 Å². The van der Waals surface area contributed by atoms with Crippen LogP contribution in [0.1, 0.15) is 44.7 Å². The fourth-order valence-electron chi connectivity index (χ4n) is 3.47. The molecule has 1 unspecified atom stereocenters. The van der Waals surface area contributed by atoms with Crippen molar-refractivity contribution in [3.63, 3.8) is 0 Å². The Morgan fingerprint density at radius 2 is 1.88 bits per heavy atom. The second-order valence-electron chi connectivity index (χ2n) is 7.29. The SMILES string of the molecule is CCc1cccc(CC)c1NC(=O)C(CC)Sc1nc2ccsc2c(=O)n1CCC(=O)O. The Morgan fingerprint density at radius 3 is 2.47 bits per heavy atom. The molecule has 3 aromatic rings. The summed E-state index contributed by atoms with van der Waals surface area (Å²) >= 11 is 2.49. The number of carbonyl (C=O) groups excluding carboxylic acids is 1. The number of rotatable bonds is 10. The Hall–Kier alpha value is -2.65. The highest BCUT2D eigenvalue weighted by Crippen LogP contribution is 2.29. The van der Waals surface area contributed by atoms with Crippen molar-refractivity contribution in [2.75, 3.05) is 5.32 Å². The van der Waals surface area contributed by atoms with Crippen LogP contribution in [0.25, 0.3) is 10.2 Å². The van der Waals surface area contributed by atoms with Gasteiger partial charge in [0.2, 0.25) is 5.91 Å². The van der Waals surface area contributed by atoms with E-state index in [9.17, 15) is 14.4 Å². The highest BCUT2D eigenvalue weighted by atomic mass is 32.2. The zero-order chi connectivity index (χ0) is 23.3. The molecule has 0 aliphatic rings. The molecule has 0 aliphatic carbocycles. The van der Waals surface area contributed by atoms with Crippen molar-refractivity contribution in [3.05, 3.63) is 51.1 Å². The highest BCUT2D eigenvalue weighted by Gasteiger charge is 2.24. The molecule has 0 fully saturated rings. The van der Waals surface area contributed by atoms with E-state index in [2.05, 4.69) is 24.1 Å². The Bertz CT molecular complexity index is 1160. The van der Waals surface area contributed by atoms with E-state index in [4.69, 9.17) is 5.11 Å². The summed E-state index contributed by atoms with van der Waals surface area (Å²) in [7, 11) is 0.